The molecule has 1 aromatic rings. The molecule has 0 unspecified atom stereocenters. The largest absolute Gasteiger partial charge is 0.481 e. The average Bonchev–Trinajstić information content (AvgIpc) is 2.67. The Morgan fingerprint density at radius 2 is 1.70 bits per heavy atom. The van der Waals surface area contributed by atoms with Crippen LogP contribution in [0.3, 0.4) is 0 Å². The van der Waals surface area contributed by atoms with Crippen LogP contribution in [0, 0.1) is 0 Å². The average molecular weight is 398 g/mol. The SMILES string of the molecule is CCC(CC)(CC(=O)O)NC(=O)c1ccc(S(=O)(=O)N2CCOCC2)cc1. The van der Waals surface area contributed by atoms with Gasteiger partial charge in [0.05, 0.1) is 30.1 Å². The van der Waals surface area contributed by atoms with Crippen LogP contribution in [0.1, 0.15) is 43.5 Å². The van der Waals surface area contributed by atoms with Gasteiger partial charge in [0.15, 0.2) is 0 Å². The molecule has 8 nitrogen and oxygen atoms in total. The predicted molar refractivity (Wildman–Crippen MR) is 99.1 cm³/mol. The molecular formula is C18H26N2O6S. The Morgan fingerprint density at radius 1 is 1.15 bits per heavy atom. The van der Waals surface area contributed by atoms with Gasteiger partial charge in [-0.3, -0.25) is 9.59 Å². The van der Waals surface area contributed by atoms with E-state index in [0.29, 0.717) is 39.1 Å². The topological polar surface area (TPSA) is 113 Å². The Morgan fingerprint density at radius 3 is 2.19 bits per heavy atom. The second-order valence-electron chi connectivity index (χ2n) is 6.55. The number of nitrogens with one attached hydrogen (secondary N) is 1. The minimum absolute atomic E-state index is 0.115. The zero-order chi connectivity index (χ0) is 20.1. The van der Waals surface area contributed by atoms with Crippen LogP contribution in [-0.4, -0.2) is 61.5 Å². The van der Waals surface area contributed by atoms with Crippen molar-refractivity contribution in [3.63, 3.8) is 0 Å². The first-order valence-electron chi connectivity index (χ1n) is 8.96. The lowest BCUT2D eigenvalue weighted by molar-refractivity contribution is -0.138. The number of sulfonamides is 1. The highest BCUT2D eigenvalue weighted by Crippen LogP contribution is 2.22. The van der Waals surface area contributed by atoms with Crippen molar-refractivity contribution in [3.8, 4) is 0 Å². The number of rotatable bonds is 8. The molecule has 0 aliphatic carbocycles. The van der Waals surface area contributed by atoms with E-state index in [1.807, 2.05) is 13.8 Å². The van der Waals surface area contributed by atoms with Gasteiger partial charge in [-0.1, -0.05) is 13.8 Å². The molecule has 1 saturated heterocycles. The van der Waals surface area contributed by atoms with E-state index in [1.54, 1.807) is 0 Å². The van der Waals surface area contributed by atoms with Crippen molar-refractivity contribution in [1.29, 1.82) is 0 Å². The van der Waals surface area contributed by atoms with Crippen LogP contribution in [0.5, 0.6) is 0 Å². The molecule has 1 amide bonds. The fraction of sp³-hybridized carbons (Fsp3) is 0.556. The fourth-order valence-corrected chi connectivity index (χ4v) is 4.45. The molecule has 0 saturated carbocycles. The van der Waals surface area contributed by atoms with Gasteiger partial charge in [-0.05, 0) is 37.1 Å². The minimum atomic E-state index is -3.62. The number of hydrogen-bond donors (Lipinski definition) is 2. The highest BCUT2D eigenvalue weighted by atomic mass is 32.2. The Hall–Kier alpha value is -1.97. The van der Waals surface area contributed by atoms with Crippen molar-refractivity contribution in [1.82, 2.24) is 9.62 Å². The van der Waals surface area contributed by atoms with E-state index >= 15 is 0 Å². The van der Waals surface area contributed by atoms with E-state index < -0.39 is 27.4 Å². The Balaban J connectivity index is 2.16. The molecule has 1 aromatic carbocycles. The summed E-state index contributed by atoms with van der Waals surface area (Å²) in [6.07, 6.45) is 0.783. The van der Waals surface area contributed by atoms with Crippen LogP contribution in [0.15, 0.2) is 29.2 Å². The summed E-state index contributed by atoms with van der Waals surface area (Å²) in [4.78, 5) is 23.8. The molecule has 0 spiro atoms. The Bertz CT molecular complexity index is 766. The minimum Gasteiger partial charge on any atom is -0.481 e. The molecule has 27 heavy (non-hydrogen) atoms. The summed E-state index contributed by atoms with van der Waals surface area (Å²) in [5, 5.41) is 11.9. The second-order valence-corrected chi connectivity index (χ2v) is 8.49. The summed E-state index contributed by atoms with van der Waals surface area (Å²) in [5.41, 5.74) is -0.547. The highest BCUT2D eigenvalue weighted by Gasteiger charge is 2.31. The number of carboxylic acids is 1. The van der Waals surface area contributed by atoms with Gasteiger partial charge in [0, 0.05) is 18.7 Å². The van der Waals surface area contributed by atoms with Gasteiger partial charge < -0.3 is 15.2 Å². The third kappa shape index (κ3) is 5.06. The van der Waals surface area contributed by atoms with Crippen LogP contribution >= 0.6 is 0 Å². The van der Waals surface area contributed by atoms with Gasteiger partial charge in [0.2, 0.25) is 10.0 Å². The van der Waals surface area contributed by atoms with Crippen molar-refractivity contribution in [2.75, 3.05) is 26.3 Å². The summed E-state index contributed by atoms with van der Waals surface area (Å²) >= 11 is 0. The first-order chi connectivity index (χ1) is 12.7. The number of hydrogen-bond acceptors (Lipinski definition) is 5. The van der Waals surface area contributed by atoms with Crippen molar-refractivity contribution in [2.24, 2.45) is 0 Å². The van der Waals surface area contributed by atoms with E-state index in [9.17, 15) is 18.0 Å². The molecule has 9 heteroatoms. The number of ether oxygens (including phenoxy) is 1. The Kier molecular flexibility index (Phi) is 6.96. The molecule has 2 N–H and O–H groups in total. The molecule has 150 valence electrons. The molecule has 1 heterocycles. The lowest BCUT2D eigenvalue weighted by Crippen LogP contribution is -2.49. The normalized spacial score (nSPS) is 16.1. The van der Waals surface area contributed by atoms with Gasteiger partial charge in [-0.2, -0.15) is 4.31 Å². The second kappa shape index (κ2) is 8.81. The van der Waals surface area contributed by atoms with E-state index in [2.05, 4.69) is 5.32 Å². The van der Waals surface area contributed by atoms with Gasteiger partial charge >= 0.3 is 5.97 Å². The van der Waals surface area contributed by atoms with Crippen LogP contribution in [-0.2, 0) is 19.6 Å². The number of nitrogens with zero attached hydrogens (tertiary/aromatic N) is 1. The standard InChI is InChI=1S/C18H26N2O6S/c1-3-18(4-2,13-16(21)22)19-17(23)14-5-7-15(8-6-14)27(24,25)20-9-11-26-12-10-20/h5-8H,3-4,9-13H2,1-2H3,(H,19,23)(H,21,22). The van der Waals surface area contributed by atoms with Crippen molar-refractivity contribution < 1.29 is 27.9 Å². The van der Waals surface area contributed by atoms with Crippen molar-refractivity contribution in [2.45, 2.75) is 43.5 Å². The van der Waals surface area contributed by atoms with Gasteiger partial charge in [0.25, 0.3) is 5.91 Å². The molecule has 1 aliphatic rings. The van der Waals surface area contributed by atoms with Crippen LogP contribution in [0.2, 0.25) is 0 Å². The summed E-state index contributed by atoms with van der Waals surface area (Å²) in [7, 11) is -3.62. The molecular weight excluding hydrogens is 372 g/mol. The number of benzene rings is 1. The number of carboxylic acid groups (broad SMARTS) is 1. The number of aliphatic carboxylic acids is 1. The maximum Gasteiger partial charge on any atom is 0.305 e. The maximum atomic E-state index is 12.6. The smallest absolute Gasteiger partial charge is 0.305 e. The Labute approximate surface area is 159 Å². The summed E-state index contributed by atoms with van der Waals surface area (Å²) in [6.45, 7) is 4.97. The maximum absolute atomic E-state index is 12.6. The molecule has 2 rings (SSSR count). The number of morpholine rings is 1. The van der Waals surface area contributed by atoms with Gasteiger partial charge in [-0.25, -0.2) is 8.42 Å². The highest BCUT2D eigenvalue weighted by molar-refractivity contribution is 7.89. The van der Waals surface area contributed by atoms with Crippen LogP contribution in [0.25, 0.3) is 0 Å². The van der Waals surface area contributed by atoms with E-state index in [1.165, 1.54) is 28.6 Å². The number of carbonyl (C=O) groups excluding carboxylic acids is 1. The first-order valence-corrected chi connectivity index (χ1v) is 10.4. The summed E-state index contributed by atoms with van der Waals surface area (Å²) in [6, 6.07) is 5.69. The van der Waals surface area contributed by atoms with E-state index in [4.69, 9.17) is 9.84 Å². The molecule has 0 bridgehead atoms. The van der Waals surface area contributed by atoms with Gasteiger partial charge in [0.1, 0.15) is 0 Å². The third-order valence-electron chi connectivity index (χ3n) is 4.95. The van der Waals surface area contributed by atoms with Crippen molar-refractivity contribution >= 4 is 21.9 Å². The zero-order valence-corrected chi connectivity index (χ0v) is 16.4. The number of amides is 1. The number of carbonyl (C=O) groups is 2. The lowest BCUT2D eigenvalue weighted by atomic mass is 9.88. The van der Waals surface area contributed by atoms with Gasteiger partial charge in [-0.15, -0.1) is 0 Å². The van der Waals surface area contributed by atoms with Crippen LogP contribution < -0.4 is 5.32 Å². The lowest BCUT2D eigenvalue weighted by Gasteiger charge is -2.31. The fourth-order valence-electron chi connectivity index (χ4n) is 3.04. The first kappa shape index (κ1) is 21.3. The molecule has 1 fully saturated rings. The van der Waals surface area contributed by atoms with E-state index in [0.717, 1.165) is 0 Å². The molecule has 0 radical (unpaired) electrons. The van der Waals surface area contributed by atoms with E-state index in [-0.39, 0.29) is 16.9 Å². The van der Waals surface area contributed by atoms with Crippen molar-refractivity contribution in [3.05, 3.63) is 29.8 Å². The van der Waals surface area contributed by atoms with Crippen LogP contribution in [0.4, 0.5) is 0 Å². The quantitative estimate of drug-likeness (QED) is 0.686. The summed E-state index contributed by atoms with van der Waals surface area (Å²) < 4.78 is 31.8. The third-order valence-corrected chi connectivity index (χ3v) is 6.86. The molecule has 1 aliphatic heterocycles. The molecule has 0 atom stereocenters. The molecule has 0 aromatic heterocycles. The predicted octanol–water partition coefficient (Wildman–Crippen LogP) is 1.47. The summed E-state index contributed by atoms with van der Waals surface area (Å²) in [5.74, 6) is -1.40. The monoisotopic (exact) mass is 398 g/mol. The zero-order valence-electron chi connectivity index (χ0n) is 15.6.